The summed E-state index contributed by atoms with van der Waals surface area (Å²) in [5.41, 5.74) is 2.59. The summed E-state index contributed by atoms with van der Waals surface area (Å²) < 4.78 is 0. The fourth-order valence-electron chi connectivity index (χ4n) is 4.28. The molecule has 3 aromatic rings. The zero-order valence-corrected chi connectivity index (χ0v) is 19.1. The Balaban J connectivity index is 1.18. The minimum atomic E-state index is -0.0263. The Bertz CT molecular complexity index is 1110. The number of hydrogen-bond donors (Lipinski definition) is 0. The number of likely N-dealkylation sites (tertiary alicyclic amines) is 1. The third-order valence-electron chi connectivity index (χ3n) is 6.19. The van der Waals surface area contributed by atoms with Crippen LogP contribution in [-0.2, 0) is 0 Å². The molecule has 5 rings (SSSR count). The number of rotatable bonds is 4. The van der Waals surface area contributed by atoms with Crippen LogP contribution in [0.4, 0.5) is 0 Å². The van der Waals surface area contributed by atoms with Gasteiger partial charge >= 0.3 is 0 Å². The van der Waals surface area contributed by atoms with Crippen LogP contribution in [0.1, 0.15) is 20.2 Å². The van der Waals surface area contributed by atoms with Gasteiger partial charge in [-0.3, -0.25) is 14.5 Å². The third kappa shape index (κ3) is 4.16. The van der Waals surface area contributed by atoms with Crippen LogP contribution in [0.2, 0.25) is 5.02 Å². The van der Waals surface area contributed by atoms with Crippen molar-refractivity contribution in [2.24, 2.45) is 0 Å². The average Bonchev–Trinajstić information content (AvgIpc) is 3.34. The molecule has 0 unspecified atom stereocenters. The molecule has 2 fully saturated rings. The summed E-state index contributed by atoms with van der Waals surface area (Å²) in [5, 5.41) is 2.85. The van der Waals surface area contributed by atoms with E-state index in [-0.39, 0.29) is 11.8 Å². The number of thiazole rings is 1. The van der Waals surface area contributed by atoms with E-state index >= 15 is 0 Å². The van der Waals surface area contributed by atoms with Gasteiger partial charge < -0.3 is 9.80 Å². The van der Waals surface area contributed by atoms with Gasteiger partial charge in [0.05, 0.1) is 10.6 Å². The molecule has 3 heterocycles. The molecule has 8 heteroatoms. The highest BCUT2D eigenvalue weighted by molar-refractivity contribution is 7.11. The van der Waals surface area contributed by atoms with Crippen molar-refractivity contribution in [2.75, 3.05) is 39.3 Å². The number of halogens is 1. The van der Waals surface area contributed by atoms with E-state index < -0.39 is 0 Å². The van der Waals surface area contributed by atoms with E-state index in [1.165, 1.54) is 11.3 Å². The van der Waals surface area contributed by atoms with Gasteiger partial charge in [0.1, 0.15) is 0 Å². The van der Waals surface area contributed by atoms with Crippen LogP contribution in [0.3, 0.4) is 0 Å². The molecule has 0 atom stereocenters. The van der Waals surface area contributed by atoms with Crippen molar-refractivity contribution >= 4 is 34.8 Å². The van der Waals surface area contributed by atoms with E-state index in [0.29, 0.717) is 47.8 Å². The van der Waals surface area contributed by atoms with Crippen LogP contribution < -0.4 is 0 Å². The number of nitrogens with zero attached hydrogens (tertiary/aromatic N) is 4. The molecule has 2 saturated heterocycles. The first-order valence-electron chi connectivity index (χ1n) is 10.7. The molecule has 32 heavy (non-hydrogen) atoms. The Labute approximate surface area is 196 Å². The van der Waals surface area contributed by atoms with Crippen LogP contribution >= 0.6 is 22.9 Å². The Kier molecular flexibility index (Phi) is 5.95. The maximum atomic E-state index is 13.1. The second kappa shape index (κ2) is 9.02. The predicted octanol–water partition coefficient (Wildman–Crippen LogP) is 3.75. The minimum Gasteiger partial charge on any atom is -0.335 e. The van der Waals surface area contributed by atoms with E-state index in [4.69, 9.17) is 11.6 Å². The minimum absolute atomic E-state index is 0.0120. The molecule has 6 nitrogen and oxygen atoms in total. The SMILES string of the molecule is O=C(c1nccs1)N1CCN(C2CN(C(=O)c3cc(-c4ccccc4)ccc3Cl)C2)CC1. The molecule has 2 aliphatic heterocycles. The Morgan fingerprint density at radius 2 is 1.66 bits per heavy atom. The normalized spacial score (nSPS) is 17.3. The molecule has 164 valence electrons. The molecule has 0 spiro atoms. The standard InChI is InChI=1S/C24H23ClN4O2S/c25-21-7-6-18(17-4-2-1-3-5-17)14-20(21)23(30)29-15-19(16-29)27-9-11-28(12-10-27)24(31)22-26-8-13-32-22/h1-8,13-14,19H,9-12,15-16H2. The maximum Gasteiger partial charge on any atom is 0.282 e. The summed E-state index contributed by atoms with van der Waals surface area (Å²) in [5.74, 6) is -0.0142. The van der Waals surface area contributed by atoms with E-state index in [0.717, 1.165) is 24.2 Å². The van der Waals surface area contributed by atoms with E-state index in [9.17, 15) is 9.59 Å². The molecule has 2 amide bonds. The summed E-state index contributed by atoms with van der Waals surface area (Å²) in [6.45, 7) is 4.38. The molecule has 0 saturated carbocycles. The highest BCUT2D eigenvalue weighted by atomic mass is 35.5. The summed E-state index contributed by atoms with van der Waals surface area (Å²) in [6.07, 6.45) is 1.66. The van der Waals surface area contributed by atoms with Gasteiger partial charge in [-0.25, -0.2) is 4.98 Å². The molecule has 0 bridgehead atoms. The number of hydrogen-bond acceptors (Lipinski definition) is 5. The summed E-state index contributed by atoms with van der Waals surface area (Å²) >= 11 is 7.76. The third-order valence-corrected chi connectivity index (χ3v) is 7.28. The first-order chi connectivity index (χ1) is 15.6. The lowest BCUT2D eigenvalue weighted by atomic mass is 10.00. The van der Waals surface area contributed by atoms with Gasteiger partial charge in [0.15, 0.2) is 5.01 Å². The Hall–Kier alpha value is -2.74. The molecule has 1 aromatic heterocycles. The molecule has 2 aromatic carbocycles. The van der Waals surface area contributed by atoms with Gasteiger partial charge in [0.2, 0.25) is 0 Å². The lowest BCUT2D eigenvalue weighted by Gasteiger charge is -2.48. The monoisotopic (exact) mass is 466 g/mol. The van der Waals surface area contributed by atoms with Crippen molar-refractivity contribution in [3.8, 4) is 11.1 Å². The topological polar surface area (TPSA) is 56.8 Å². The van der Waals surface area contributed by atoms with Crippen molar-refractivity contribution in [1.82, 2.24) is 19.7 Å². The van der Waals surface area contributed by atoms with Crippen LogP contribution in [0, 0.1) is 0 Å². The smallest absolute Gasteiger partial charge is 0.282 e. The number of piperazine rings is 1. The first-order valence-corrected chi connectivity index (χ1v) is 11.9. The van der Waals surface area contributed by atoms with Crippen molar-refractivity contribution in [1.29, 1.82) is 0 Å². The van der Waals surface area contributed by atoms with Crippen molar-refractivity contribution in [3.05, 3.63) is 75.7 Å². The van der Waals surface area contributed by atoms with Crippen molar-refractivity contribution < 1.29 is 9.59 Å². The fraction of sp³-hybridized carbons (Fsp3) is 0.292. The predicted molar refractivity (Wildman–Crippen MR) is 126 cm³/mol. The van der Waals surface area contributed by atoms with Crippen LogP contribution in [0.5, 0.6) is 0 Å². The quantitative estimate of drug-likeness (QED) is 0.587. The second-order valence-electron chi connectivity index (χ2n) is 8.09. The second-order valence-corrected chi connectivity index (χ2v) is 9.39. The lowest BCUT2D eigenvalue weighted by Crippen LogP contribution is -2.64. The highest BCUT2D eigenvalue weighted by Crippen LogP contribution is 2.28. The summed E-state index contributed by atoms with van der Waals surface area (Å²) in [6, 6.07) is 15.9. The van der Waals surface area contributed by atoms with Crippen LogP contribution in [0.25, 0.3) is 11.1 Å². The van der Waals surface area contributed by atoms with E-state index in [1.807, 2.05) is 57.6 Å². The molecule has 0 radical (unpaired) electrons. The molecular weight excluding hydrogens is 444 g/mol. The van der Waals surface area contributed by atoms with Gasteiger partial charge in [-0.2, -0.15) is 0 Å². The van der Waals surface area contributed by atoms with Gasteiger partial charge in [-0.05, 0) is 23.3 Å². The van der Waals surface area contributed by atoms with Gasteiger partial charge in [-0.1, -0.05) is 48.0 Å². The lowest BCUT2D eigenvalue weighted by molar-refractivity contribution is 0.00854. The van der Waals surface area contributed by atoms with Gasteiger partial charge in [-0.15, -0.1) is 11.3 Å². The Morgan fingerprint density at radius 3 is 2.34 bits per heavy atom. The fourth-order valence-corrected chi connectivity index (χ4v) is 5.08. The van der Waals surface area contributed by atoms with Gasteiger partial charge in [0.25, 0.3) is 11.8 Å². The Morgan fingerprint density at radius 1 is 0.906 bits per heavy atom. The number of carbonyl (C=O) groups is 2. The van der Waals surface area contributed by atoms with Crippen LogP contribution in [0.15, 0.2) is 60.1 Å². The molecule has 2 aliphatic rings. The molecule has 0 aliphatic carbocycles. The first kappa shape index (κ1) is 21.1. The zero-order valence-electron chi connectivity index (χ0n) is 17.5. The number of aromatic nitrogens is 1. The maximum absolute atomic E-state index is 13.1. The number of benzene rings is 2. The highest BCUT2D eigenvalue weighted by Gasteiger charge is 2.37. The number of amides is 2. The molecular formula is C24H23ClN4O2S. The number of carbonyl (C=O) groups excluding carboxylic acids is 2. The van der Waals surface area contributed by atoms with E-state index in [1.54, 1.807) is 12.3 Å². The van der Waals surface area contributed by atoms with E-state index in [2.05, 4.69) is 9.88 Å². The van der Waals surface area contributed by atoms with Crippen LogP contribution in [-0.4, -0.2) is 76.8 Å². The largest absolute Gasteiger partial charge is 0.335 e. The van der Waals surface area contributed by atoms with Crippen molar-refractivity contribution in [2.45, 2.75) is 6.04 Å². The zero-order chi connectivity index (χ0) is 22.1. The van der Waals surface area contributed by atoms with Gasteiger partial charge in [0, 0.05) is 56.9 Å². The van der Waals surface area contributed by atoms with Crippen molar-refractivity contribution in [3.63, 3.8) is 0 Å². The summed E-state index contributed by atoms with van der Waals surface area (Å²) in [4.78, 5) is 35.8. The average molecular weight is 467 g/mol. The summed E-state index contributed by atoms with van der Waals surface area (Å²) in [7, 11) is 0. The molecule has 0 N–H and O–H groups in total.